The number of nitrogens with zero attached hydrogens (tertiary/aromatic N) is 1. The van der Waals surface area contributed by atoms with E-state index in [0.717, 1.165) is 5.01 Å². The number of amides is 1. The third-order valence-corrected chi connectivity index (χ3v) is 8.19. The molecule has 1 aromatic rings. The van der Waals surface area contributed by atoms with Gasteiger partial charge in [-0.1, -0.05) is 32.4 Å². The minimum Gasteiger partial charge on any atom is -0.392 e. The molecule has 35 heavy (non-hydrogen) atoms. The number of epoxide rings is 1. The quantitative estimate of drug-likeness (QED) is 0.395. The van der Waals surface area contributed by atoms with E-state index in [1.165, 1.54) is 31.3 Å². The highest BCUT2D eigenvalue weighted by molar-refractivity contribution is 7.09. The van der Waals surface area contributed by atoms with Gasteiger partial charge in [-0.3, -0.25) is 9.59 Å². The first-order valence-corrected chi connectivity index (χ1v) is 13.0. The fraction of sp³-hybridized carbons (Fsp3) is 0.708. The summed E-state index contributed by atoms with van der Waals surface area (Å²) in [4.78, 5) is 30.1. The number of hydrogen-bond donors (Lipinski definition) is 3. The zero-order valence-electron chi connectivity index (χ0n) is 20.6. The molecule has 0 unspecified atom stereocenters. The molecule has 3 rings (SSSR count). The summed E-state index contributed by atoms with van der Waals surface area (Å²) in [6, 6.07) is -1.06. The molecule has 0 aliphatic carbocycles. The Morgan fingerprint density at radius 1 is 1.34 bits per heavy atom. The molecule has 1 aromatic heterocycles. The molecule has 2 saturated heterocycles. The van der Waals surface area contributed by atoms with Crippen LogP contribution in [0, 0.1) is 18.3 Å². The van der Waals surface area contributed by atoms with E-state index < -0.39 is 70.8 Å². The first-order valence-electron chi connectivity index (χ1n) is 11.7. The van der Waals surface area contributed by atoms with Crippen molar-refractivity contribution < 1.29 is 33.7 Å². The Morgan fingerprint density at radius 3 is 2.66 bits per heavy atom. The monoisotopic (exact) mass is 532 g/mol. The first-order chi connectivity index (χ1) is 16.2. The van der Waals surface area contributed by atoms with Gasteiger partial charge in [0.05, 0.1) is 53.5 Å². The van der Waals surface area contributed by atoms with Crippen LogP contribution in [0.1, 0.15) is 57.7 Å². The number of aliphatic hydroxyl groups excluding tert-OH is 2. The fourth-order valence-electron chi connectivity index (χ4n) is 4.27. The van der Waals surface area contributed by atoms with Crippen molar-refractivity contribution in [1.29, 1.82) is 0 Å². The average Bonchev–Trinajstić information content (AvgIpc) is 3.22. The van der Waals surface area contributed by atoms with Crippen LogP contribution in [0.2, 0.25) is 0 Å². The van der Waals surface area contributed by atoms with Crippen LogP contribution in [0.5, 0.6) is 0 Å². The molecule has 0 saturated carbocycles. The molecule has 2 fully saturated rings. The van der Waals surface area contributed by atoms with Crippen LogP contribution >= 0.6 is 22.9 Å². The number of alkyl halides is 1. The molecule has 3 N–H and O–H groups in total. The summed E-state index contributed by atoms with van der Waals surface area (Å²) in [5.74, 6) is -2.51. The fourth-order valence-corrected chi connectivity index (χ4v) is 5.11. The van der Waals surface area contributed by atoms with E-state index in [2.05, 4.69) is 10.3 Å². The smallest absolute Gasteiger partial charge is 0.223 e. The minimum absolute atomic E-state index is 0.0638. The predicted molar refractivity (Wildman–Crippen MR) is 131 cm³/mol. The van der Waals surface area contributed by atoms with Crippen LogP contribution in [-0.2, 0) is 19.1 Å². The minimum atomic E-state index is -1.35. The maximum atomic E-state index is 15.3. The number of Topliss-reactive ketones (excluding diaryl/α,β-unsaturated/α-hetero) is 1. The predicted octanol–water partition coefficient (Wildman–Crippen LogP) is 3.12. The van der Waals surface area contributed by atoms with E-state index in [9.17, 15) is 19.8 Å². The van der Waals surface area contributed by atoms with Crippen molar-refractivity contribution in [3.05, 3.63) is 21.9 Å². The van der Waals surface area contributed by atoms with E-state index in [-0.39, 0.29) is 19.4 Å². The third-order valence-electron chi connectivity index (χ3n) is 6.88. The number of rotatable bonds is 2. The number of aryl methyl sites for hydroxylation is 1. The molecule has 2 aliphatic heterocycles. The number of hydrogen-bond acceptors (Lipinski definition) is 8. The topological polar surface area (TPSA) is 121 Å². The molecule has 0 radical (unpaired) electrons. The Hall–Kier alpha value is -1.43. The zero-order chi connectivity index (χ0) is 26.1. The van der Waals surface area contributed by atoms with Gasteiger partial charge in [-0.15, -0.1) is 11.3 Å². The Bertz CT molecular complexity index is 972. The number of thiazole rings is 1. The second-order valence-electron chi connectivity index (χ2n) is 9.98. The van der Waals surface area contributed by atoms with Gasteiger partial charge in [0, 0.05) is 24.1 Å². The standard InChI is InChI=1S/C24H34ClFN2O6S/c1-12-21(31)13(2)33-7-6-24(25)19(34-24)9-17(16(26)8-15-11-35-14(3)27-15)28-20(30)10-18(29)23(4,5)22(12)32/h8,11-13,17-19,21,29,31H,6-7,9-10H2,1-5H3,(H,28,30)/t12-,13+,17+,18+,19+,21+,24-/m1/s1. The highest BCUT2D eigenvalue weighted by atomic mass is 35.5. The van der Waals surface area contributed by atoms with Gasteiger partial charge in [0.1, 0.15) is 17.7 Å². The lowest BCUT2D eigenvalue weighted by atomic mass is 9.74. The van der Waals surface area contributed by atoms with Gasteiger partial charge in [0.2, 0.25) is 5.91 Å². The summed E-state index contributed by atoms with van der Waals surface area (Å²) in [5, 5.41) is 25.4. The highest BCUT2D eigenvalue weighted by Crippen LogP contribution is 2.47. The molecule has 0 aromatic carbocycles. The van der Waals surface area contributed by atoms with Crippen molar-refractivity contribution in [3.63, 3.8) is 0 Å². The maximum absolute atomic E-state index is 15.3. The molecule has 2 aliphatic rings. The van der Waals surface area contributed by atoms with Crippen molar-refractivity contribution in [2.24, 2.45) is 11.3 Å². The van der Waals surface area contributed by atoms with Crippen LogP contribution in [-0.4, -0.2) is 69.0 Å². The van der Waals surface area contributed by atoms with E-state index in [1.807, 2.05) is 0 Å². The van der Waals surface area contributed by atoms with Gasteiger partial charge in [0.25, 0.3) is 0 Å². The summed E-state index contributed by atoms with van der Waals surface area (Å²) in [7, 11) is 0. The van der Waals surface area contributed by atoms with Crippen LogP contribution < -0.4 is 5.32 Å². The van der Waals surface area contributed by atoms with E-state index >= 15 is 4.39 Å². The van der Waals surface area contributed by atoms with Crippen molar-refractivity contribution in [2.45, 2.75) is 89.4 Å². The number of carbonyl (C=O) groups is 2. The Morgan fingerprint density at radius 2 is 2.03 bits per heavy atom. The van der Waals surface area contributed by atoms with Gasteiger partial charge in [-0.05, 0) is 19.9 Å². The lowest BCUT2D eigenvalue weighted by molar-refractivity contribution is -0.146. The molecule has 0 spiro atoms. The van der Waals surface area contributed by atoms with Crippen LogP contribution in [0.3, 0.4) is 0 Å². The highest BCUT2D eigenvalue weighted by Gasteiger charge is 2.56. The van der Waals surface area contributed by atoms with Gasteiger partial charge < -0.3 is 25.0 Å². The van der Waals surface area contributed by atoms with E-state index in [4.69, 9.17) is 21.1 Å². The van der Waals surface area contributed by atoms with Gasteiger partial charge in [-0.2, -0.15) is 0 Å². The average molecular weight is 533 g/mol. The SMILES string of the molecule is Cc1nc(C=C(F)[C@@H]2C[C@@H]3O[C@]3(Cl)CCO[C@@H](C)[C@@H](O)[C@@H](C)C(=O)C(C)(C)[C@@H](O)CC(=O)N2)cs1. The summed E-state index contributed by atoms with van der Waals surface area (Å²) in [6.07, 6.45) is -2.51. The molecule has 196 valence electrons. The second-order valence-corrected chi connectivity index (χ2v) is 11.7. The zero-order valence-corrected chi connectivity index (χ0v) is 22.2. The molecular weight excluding hydrogens is 499 g/mol. The number of aromatic nitrogens is 1. The summed E-state index contributed by atoms with van der Waals surface area (Å²) in [5.41, 5.74) is -0.900. The van der Waals surface area contributed by atoms with Crippen molar-refractivity contribution in [3.8, 4) is 0 Å². The van der Waals surface area contributed by atoms with Crippen LogP contribution in [0.25, 0.3) is 6.08 Å². The molecule has 1 amide bonds. The Labute approximate surface area is 213 Å². The largest absolute Gasteiger partial charge is 0.392 e. The number of halogens is 2. The third kappa shape index (κ3) is 6.67. The number of ether oxygens (including phenoxy) is 2. The number of fused-ring (bicyclic) bond motifs is 1. The van der Waals surface area contributed by atoms with Gasteiger partial charge >= 0.3 is 0 Å². The molecular formula is C24H34ClFN2O6S. The van der Waals surface area contributed by atoms with Crippen molar-refractivity contribution in [2.75, 3.05) is 6.61 Å². The van der Waals surface area contributed by atoms with Crippen molar-refractivity contribution in [1.82, 2.24) is 10.3 Å². The van der Waals surface area contributed by atoms with Gasteiger partial charge in [0.15, 0.2) is 5.06 Å². The molecule has 8 nitrogen and oxygen atoms in total. The normalized spacial score (nSPS) is 37.5. The lowest BCUT2D eigenvalue weighted by Crippen LogP contribution is -2.48. The molecule has 3 heterocycles. The Kier molecular flexibility index (Phi) is 8.77. The number of nitrogens with one attached hydrogen (secondary N) is 1. The molecule has 7 atom stereocenters. The summed E-state index contributed by atoms with van der Waals surface area (Å²) >= 11 is 7.89. The van der Waals surface area contributed by atoms with Crippen molar-refractivity contribution >= 4 is 40.7 Å². The number of carbonyl (C=O) groups excluding carboxylic acids is 2. The summed E-state index contributed by atoms with van der Waals surface area (Å²) in [6.45, 7) is 8.21. The Balaban J connectivity index is 1.85. The molecule has 0 bridgehead atoms. The lowest BCUT2D eigenvalue weighted by Gasteiger charge is -2.34. The van der Waals surface area contributed by atoms with Gasteiger partial charge in [-0.25, -0.2) is 9.37 Å². The first kappa shape index (κ1) is 28.1. The van der Waals surface area contributed by atoms with E-state index in [0.29, 0.717) is 5.69 Å². The molecule has 11 heteroatoms. The second kappa shape index (κ2) is 10.9. The van der Waals surface area contributed by atoms with Crippen LogP contribution in [0.4, 0.5) is 4.39 Å². The van der Waals surface area contributed by atoms with E-state index in [1.54, 1.807) is 26.2 Å². The van der Waals surface area contributed by atoms with Crippen LogP contribution in [0.15, 0.2) is 11.2 Å². The summed E-state index contributed by atoms with van der Waals surface area (Å²) < 4.78 is 26.6. The maximum Gasteiger partial charge on any atom is 0.223 e. The number of ketones is 1. The number of aliphatic hydroxyl groups is 2.